The van der Waals surface area contributed by atoms with E-state index in [1.807, 2.05) is 6.07 Å². The number of nitriles is 1. The molecule has 0 spiro atoms. The molecule has 2 N–H and O–H groups in total. The maximum Gasteiger partial charge on any atom is 0.270 e. The Kier molecular flexibility index (Phi) is 4.27. The summed E-state index contributed by atoms with van der Waals surface area (Å²) in [6, 6.07) is 5.69. The smallest absolute Gasteiger partial charge is 0.270 e. The molecule has 1 aliphatic heterocycles. The molecule has 20 heavy (non-hydrogen) atoms. The molecule has 0 bridgehead atoms. The molecule has 0 radical (unpaired) electrons. The number of carbonyl (C=O) groups excluding carboxylic acids is 1. The molecule has 1 amide bonds. The maximum atomic E-state index is 12.1. The van der Waals surface area contributed by atoms with Crippen LogP contribution in [0.1, 0.15) is 18.4 Å². The fourth-order valence-electron chi connectivity index (χ4n) is 2.16. The number of non-ortho nitro benzene ring substituents is 1. The van der Waals surface area contributed by atoms with E-state index in [4.69, 9.17) is 5.26 Å². The van der Waals surface area contributed by atoms with Gasteiger partial charge in [-0.05, 0) is 25.5 Å². The number of carbonyl (C=O) groups is 1. The highest BCUT2D eigenvalue weighted by molar-refractivity contribution is 5.94. The third-order valence-corrected chi connectivity index (χ3v) is 3.26. The van der Waals surface area contributed by atoms with Crippen molar-refractivity contribution in [1.82, 2.24) is 5.32 Å². The third kappa shape index (κ3) is 3.10. The molecular formula is C13H14N4O3. The first-order valence-electron chi connectivity index (χ1n) is 6.32. The largest absolute Gasteiger partial charge is 0.325 e. The molecule has 2 rings (SSSR count). The Bertz CT molecular complexity index is 573. The minimum atomic E-state index is -0.572. The zero-order valence-corrected chi connectivity index (χ0v) is 10.8. The Morgan fingerprint density at radius 1 is 1.55 bits per heavy atom. The molecule has 7 heteroatoms. The van der Waals surface area contributed by atoms with Crippen molar-refractivity contribution < 1.29 is 9.72 Å². The normalized spacial score (nSPS) is 18.1. The number of hydrogen-bond acceptors (Lipinski definition) is 5. The zero-order valence-electron chi connectivity index (χ0n) is 10.8. The van der Waals surface area contributed by atoms with Gasteiger partial charge in [0.25, 0.3) is 5.69 Å². The summed E-state index contributed by atoms with van der Waals surface area (Å²) >= 11 is 0. The number of hydrogen-bond donors (Lipinski definition) is 2. The summed E-state index contributed by atoms with van der Waals surface area (Å²) in [5, 5.41) is 25.5. The standard InChI is InChI=1S/C13H14N4O3/c14-7-10-6-11(17(19)20)3-4-12(10)16-13(18)9-2-1-5-15-8-9/h3-4,6,9,15H,1-2,5,8H2,(H,16,18)/t9-/m1/s1. The molecule has 0 aliphatic carbocycles. The van der Waals surface area contributed by atoms with Crippen LogP contribution in [-0.4, -0.2) is 23.9 Å². The van der Waals surface area contributed by atoms with E-state index >= 15 is 0 Å². The van der Waals surface area contributed by atoms with E-state index < -0.39 is 4.92 Å². The Morgan fingerprint density at radius 3 is 2.95 bits per heavy atom. The molecule has 1 atom stereocenters. The molecule has 1 aromatic carbocycles. The van der Waals surface area contributed by atoms with Gasteiger partial charge in [0, 0.05) is 18.7 Å². The van der Waals surface area contributed by atoms with E-state index in [0.717, 1.165) is 25.5 Å². The molecule has 0 aromatic heterocycles. The van der Waals surface area contributed by atoms with Gasteiger partial charge in [-0.15, -0.1) is 0 Å². The Labute approximate surface area is 115 Å². The van der Waals surface area contributed by atoms with Crippen molar-refractivity contribution in [2.45, 2.75) is 12.8 Å². The Hall–Kier alpha value is -2.46. The van der Waals surface area contributed by atoms with Crippen molar-refractivity contribution in [3.8, 4) is 6.07 Å². The van der Waals surface area contributed by atoms with E-state index in [1.165, 1.54) is 12.1 Å². The number of nitrogens with zero attached hydrogens (tertiary/aromatic N) is 2. The molecule has 7 nitrogen and oxygen atoms in total. The van der Waals surface area contributed by atoms with Crippen molar-refractivity contribution in [2.75, 3.05) is 18.4 Å². The second-order valence-electron chi connectivity index (χ2n) is 4.63. The van der Waals surface area contributed by atoms with Crippen molar-refractivity contribution in [3.63, 3.8) is 0 Å². The summed E-state index contributed by atoms with van der Waals surface area (Å²) in [5.74, 6) is -0.298. The lowest BCUT2D eigenvalue weighted by atomic mass is 9.98. The van der Waals surface area contributed by atoms with Crippen LogP contribution in [0.25, 0.3) is 0 Å². The predicted octanol–water partition coefficient (Wildman–Crippen LogP) is 1.40. The van der Waals surface area contributed by atoms with Crippen LogP contribution < -0.4 is 10.6 Å². The van der Waals surface area contributed by atoms with Gasteiger partial charge in [0.05, 0.1) is 22.1 Å². The number of piperidine rings is 1. The minimum absolute atomic E-state index is 0.0938. The highest BCUT2D eigenvalue weighted by Gasteiger charge is 2.22. The average Bonchev–Trinajstić information content (AvgIpc) is 2.48. The fraction of sp³-hybridized carbons (Fsp3) is 0.385. The van der Waals surface area contributed by atoms with Crippen molar-refractivity contribution in [1.29, 1.82) is 5.26 Å². The minimum Gasteiger partial charge on any atom is -0.325 e. The van der Waals surface area contributed by atoms with E-state index in [9.17, 15) is 14.9 Å². The highest BCUT2D eigenvalue weighted by Crippen LogP contribution is 2.22. The van der Waals surface area contributed by atoms with Gasteiger partial charge in [-0.2, -0.15) is 5.26 Å². The van der Waals surface area contributed by atoms with Crippen LogP contribution in [-0.2, 0) is 4.79 Å². The van der Waals surface area contributed by atoms with Crippen LogP contribution in [0.5, 0.6) is 0 Å². The lowest BCUT2D eigenvalue weighted by Gasteiger charge is -2.22. The Balaban J connectivity index is 2.14. The number of nitrogens with one attached hydrogen (secondary N) is 2. The van der Waals surface area contributed by atoms with Crippen molar-refractivity contribution >= 4 is 17.3 Å². The number of nitro benzene ring substituents is 1. The third-order valence-electron chi connectivity index (χ3n) is 3.26. The average molecular weight is 274 g/mol. The fourth-order valence-corrected chi connectivity index (χ4v) is 2.16. The van der Waals surface area contributed by atoms with E-state index in [0.29, 0.717) is 12.2 Å². The highest BCUT2D eigenvalue weighted by atomic mass is 16.6. The SMILES string of the molecule is N#Cc1cc([N+](=O)[O-])ccc1NC(=O)[C@@H]1CCCNC1. The van der Waals surface area contributed by atoms with E-state index in [-0.39, 0.29) is 23.1 Å². The summed E-state index contributed by atoms with van der Waals surface area (Å²) in [7, 11) is 0. The number of anilines is 1. The van der Waals surface area contributed by atoms with Gasteiger partial charge < -0.3 is 10.6 Å². The number of amides is 1. The lowest BCUT2D eigenvalue weighted by Crippen LogP contribution is -2.37. The topological polar surface area (TPSA) is 108 Å². The van der Waals surface area contributed by atoms with E-state index in [2.05, 4.69) is 10.6 Å². The second kappa shape index (κ2) is 6.12. The molecule has 1 aromatic rings. The molecule has 1 aliphatic rings. The number of benzene rings is 1. The zero-order chi connectivity index (χ0) is 14.5. The van der Waals surface area contributed by atoms with Gasteiger partial charge >= 0.3 is 0 Å². The summed E-state index contributed by atoms with van der Waals surface area (Å²) in [6.07, 6.45) is 1.73. The Morgan fingerprint density at radius 2 is 2.35 bits per heavy atom. The molecule has 104 valence electrons. The summed E-state index contributed by atoms with van der Waals surface area (Å²) in [5.41, 5.74) is 0.240. The van der Waals surface area contributed by atoms with Crippen molar-refractivity contribution in [3.05, 3.63) is 33.9 Å². The molecular weight excluding hydrogens is 260 g/mol. The van der Waals surface area contributed by atoms with Crippen LogP contribution in [0, 0.1) is 27.4 Å². The lowest BCUT2D eigenvalue weighted by molar-refractivity contribution is -0.384. The monoisotopic (exact) mass is 274 g/mol. The molecule has 0 saturated carbocycles. The van der Waals surface area contributed by atoms with Gasteiger partial charge in [0.2, 0.25) is 5.91 Å². The first-order chi connectivity index (χ1) is 9.61. The summed E-state index contributed by atoms with van der Waals surface area (Å²) in [4.78, 5) is 22.1. The summed E-state index contributed by atoms with van der Waals surface area (Å²) < 4.78 is 0. The van der Waals surface area contributed by atoms with Crippen molar-refractivity contribution in [2.24, 2.45) is 5.92 Å². The molecule has 1 fully saturated rings. The first kappa shape index (κ1) is 14.0. The predicted molar refractivity (Wildman–Crippen MR) is 72.0 cm³/mol. The molecule has 0 unspecified atom stereocenters. The second-order valence-corrected chi connectivity index (χ2v) is 4.63. The van der Waals surface area contributed by atoms with Crippen LogP contribution in [0.4, 0.5) is 11.4 Å². The van der Waals surface area contributed by atoms with Crippen LogP contribution in [0.3, 0.4) is 0 Å². The van der Waals surface area contributed by atoms with Gasteiger partial charge in [-0.1, -0.05) is 0 Å². The molecule has 1 saturated heterocycles. The van der Waals surface area contributed by atoms with Gasteiger partial charge in [-0.3, -0.25) is 14.9 Å². The van der Waals surface area contributed by atoms with Gasteiger partial charge in [0.1, 0.15) is 6.07 Å². The van der Waals surface area contributed by atoms with E-state index in [1.54, 1.807) is 0 Å². The quantitative estimate of drug-likeness (QED) is 0.639. The van der Waals surface area contributed by atoms with Crippen LogP contribution in [0.15, 0.2) is 18.2 Å². The molecule has 1 heterocycles. The number of rotatable bonds is 3. The number of nitro groups is 1. The van der Waals surface area contributed by atoms with Crippen LogP contribution in [0.2, 0.25) is 0 Å². The first-order valence-corrected chi connectivity index (χ1v) is 6.32. The maximum absolute atomic E-state index is 12.1. The van der Waals surface area contributed by atoms with Gasteiger partial charge in [0.15, 0.2) is 0 Å². The van der Waals surface area contributed by atoms with Gasteiger partial charge in [-0.25, -0.2) is 0 Å². The van der Waals surface area contributed by atoms with Crippen LogP contribution >= 0.6 is 0 Å². The summed E-state index contributed by atoms with van der Waals surface area (Å²) in [6.45, 7) is 1.52.